The van der Waals surface area contributed by atoms with E-state index in [1.165, 1.54) is 30.8 Å². The van der Waals surface area contributed by atoms with E-state index in [1.54, 1.807) is 4.20 Å². The molecule has 74 valence electrons. The van der Waals surface area contributed by atoms with Gasteiger partial charge in [-0.2, -0.15) is 0 Å². The van der Waals surface area contributed by atoms with Crippen LogP contribution < -0.4 is 0 Å². The zero-order chi connectivity index (χ0) is 9.10. The molecular weight excluding hydrogens is 200 g/mol. The molecule has 13 heavy (non-hydrogen) atoms. The van der Waals surface area contributed by atoms with Crippen LogP contribution in [0.5, 0.6) is 0 Å². The molecule has 0 radical (unpaired) electrons. The third-order valence-electron chi connectivity index (χ3n) is 2.54. The Hall–Kier alpha value is 0.400. The topological polar surface area (TPSA) is 9.23 Å². The van der Waals surface area contributed by atoms with Gasteiger partial charge in [-0.3, -0.25) is 0 Å². The molecule has 0 saturated carbocycles. The van der Waals surface area contributed by atoms with E-state index in [2.05, 4.69) is 6.92 Å². The van der Waals surface area contributed by atoms with Crippen LogP contribution in [0, 0.1) is 5.92 Å². The molecule has 3 heteroatoms. The molecule has 1 saturated heterocycles. The molecule has 0 spiro atoms. The number of rotatable bonds is 1. The lowest BCUT2D eigenvalue weighted by atomic mass is 10.0. The summed E-state index contributed by atoms with van der Waals surface area (Å²) < 4.78 is 7.40. The van der Waals surface area contributed by atoms with Crippen LogP contribution in [0.3, 0.4) is 0 Å². The SMILES string of the molecule is CC1CCC(C2=[S+]CCCS2)OC1. The predicted molar refractivity (Wildman–Crippen MR) is 62.5 cm³/mol. The monoisotopic (exact) mass is 217 g/mol. The Morgan fingerprint density at radius 2 is 2.38 bits per heavy atom. The highest BCUT2D eigenvalue weighted by Gasteiger charge is 2.30. The van der Waals surface area contributed by atoms with Gasteiger partial charge >= 0.3 is 0 Å². The molecule has 1 nitrogen and oxygen atoms in total. The lowest BCUT2D eigenvalue weighted by Gasteiger charge is -2.25. The largest absolute Gasteiger partial charge is 0.367 e. The van der Waals surface area contributed by atoms with Crippen molar-refractivity contribution in [2.24, 2.45) is 5.92 Å². The van der Waals surface area contributed by atoms with Gasteiger partial charge in [-0.1, -0.05) is 18.7 Å². The van der Waals surface area contributed by atoms with Gasteiger partial charge < -0.3 is 4.74 Å². The van der Waals surface area contributed by atoms with Crippen molar-refractivity contribution >= 4 is 27.3 Å². The molecule has 0 aromatic carbocycles. The maximum Gasteiger partial charge on any atom is 0.263 e. The maximum atomic E-state index is 5.85. The third kappa shape index (κ3) is 2.67. The van der Waals surface area contributed by atoms with E-state index in [1.807, 2.05) is 23.1 Å². The summed E-state index contributed by atoms with van der Waals surface area (Å²) >= 11 is 4.05. The highest BCUT2D eigenvalue weighted by atomic mass is 32.2. The Labute approximate surface area is 88.6 Å². The van der Waals surface area contributed by atoms with Crippen LogP contribution >= 0.6 is 11.8 Å². The predicted octanol–water partition coefficient (Wildman–Crippen LogP) is 2.15. The lowest BCUT2D eigenvalue weighted by molar-refractivity contribution is 0.0301. The van der Waals surface area contributed by atoms with Crippen molar-refractivity contribution < 1.29 is 4.74 Å². The van der Waals surface area contributed by atoms with Crippen molar-refractivity contribution in [2.75, 3.05) is 18.1 Å². The van der Waals surface area contributed by atoms with Gasteiger partial charge in [0.1, 0.15) is 6.10 Å². The van der Waals surface area contributed by atoms with Gasteiger partial charge in [-0.05, 0) is 18.8 Å². The first-order valence-corrected chi connectivity index (χ1v) is 7.07. The first-order valence-electron chi connectivity index (χ1n) is 5.10. The van der Waals surface area contributed by atoms with Crippen molar-refractivity contribution in [3.8, 4) is 0 Å². The van der Waals surface area contributed by atoms with Crippen LogP contribution in [0.25, 0.3) is 0 Å². The number of hydrogen-bond donors (Lipinski definition) is 0. The van der Waals surface area contributed by atoms with Gasteiger partial charge in [0, 0.05) is 12.2 Å². The highest BCUT2D eigenvalue weighted by Crippen LogP contribution is 2.24. The molecule has 2 aliphatic rings. The van der Waals surface area contributed by atoms with E-state index in [0.717, 1.165) is 12.5 Å². The van der Waals surface area contributed by atoms with Crippen LogP contribution in [0.15, 0.2) is 0 Å². The van der Waals surface area contributed by atoms with Gasteiger partial charge in [0.05, 0.1) is 6.61 Å². The molecule has 2 aliphatic heterocycles. The molecule has 0 amide bonds. The average molecular weight is 217 g/mol. The quantitative estimate of drug-likeness (QED) is 0.492. The van der Waals surface area contributed by atoms with E-state index in [4.69, 9.17) is 4.74 Å². The van der Waals surface area contributed by atoms with E-state index in [-0.39, 0.29) is 0 Å². The fourth-order valence-electron chi connectivity index (χ4n) is 1.70. The maximum absolute atomic E-state index is 5.85. The zero-order valence-corrected chi connectivity index (χ0v) is 9.76. The van der Waals surface area contributed by atoms with Crippen LogP contribution in [-0.4, -0.2) is 28.4 Å². The van der Waals surface area contributed by atoms with Crippen LogP contribution in [-0.2, 0) is 16.1 Å². The average Bonchev–Trinajstić information content (AvgIpc) is 2.20. The summed E-state index contributed by atoms with van der Waals surface area (Å²) in [6.07, 6.45) is 4.42. The summed E-state index contributed by atoms with van der Waals surface area (Å²) in [5, 5.41) is 0. The van der Waals surface area contributed by atoms with Crippen LogP contribution in [0.1, 0.15) is 26.2 Å². The summed E-state index contributed by atoms with van der Waals surface area (Å²) in [5.74, 6) is 3.38. The number of thioether (sulfide) groups is 1. The minimum Gasteiger partial charge on any atom is -0.367 e. The fourth-order valence-corrected chi connectivity index (χ4v) is 4.44. The van der Waals surface area contributed by atoms with Crippen LogP contribution in [0.2, 0.25) is 0 Å². The molecule has 2 heterocycles. The molecule has 2 atom stereocenters. The lowest BCUT2D eigenvalue weighted by Crippen LogP contribution is -2.31. The summed E-state index contributed by atoms with van der Waals surface area (Å²) in [7, 11) is 0. The molecule has 0 aromatic heterocycles. The molecule has 0 aromatic rings. The Kier molecular flexibility index (Phi) is 3.64. The molecule has 1 fully saturated rings. The molecular formula is C10H17OS2+. The second kappa shape index (κ2) is 4.76. The second-order valence-corrected chi connectivity index (χ2v) is 6.41. The van der Waals surface area contributed by atoms with Crippen molar-refractivity contribution in [3.05, 3.63) is 0 Å². The first-order chi connectivity index (χ1) is 6.36. The van der Waals surface area contributed by atoms with Gasteiger partial charge in [-0.25, -0.2) is 0 Å². The van der Waals surface area contributed by atoms with Gasteiger partial charge in [0.25, 0.3) is 4.20 Å². The van der Waals surface area contributed by atoms with Gasteiger partial charge in [-0.15, -0.1) is 0 Å². The van der Waals surface area contributed by atoms with Crippen molar-refractivity contribution in [2.45, 2.75) is 32.3 Å². The molecule has 2 unspecified atom stereocenters. The molecule has 0 N–H and O–H groups in total. The van der Waals surface area contributed by atoms with E-state index >= 15 is 0 Å². The van der Waals surface area contributed by atoms with E-state index in [0.29, 0.717) is 6.10 Å². The normalized spacial score (nSPS) is 35.6. The van der Waals surface area contributed by atoms with E-state index < -0.39 is 0 Å². The minimum absolute atomic E-state index is 0.464. The Balaban J connectivity index is 1.89. The number of ether oxygens (including phenoxy) is 1. The fraction of sp³-hybridized carbons (Fsp3) is 0.900. The van der Waals surface area contributed by atoms with Crippen molar-refractivity contribution in [3.63, 3.8) is 0 Å². The second-order valence-electron chi connectivity index (χ2n) is 3.87. The molecule has 0 aliphatic carbocycles. The third-order valence-corrected chi connectivity index (χ3v) is 5.33. The summed E-state index contributed by atoms with van der Waals surface area (Å²) in [6.45, 7) is 3.25. The zero-order valence-electron chi connectivity index (χ0n) is 8.12. The smallest absolute Gasteiger partial charge is 0.263 e. The highest BCUT2D eigenvalue weighted by molar-refractivity contribution is 8.23. The Morgan fingerprint density at radius 1 is 1.46 bits per heavy atom. The van der Waals surface area contributed by atoms with E-state index in [9.17, 15) is 0 Å². The summed E-state index contributed by atoms with van der Waals surface area (Å²) in [5.41, 5.74) is 0. The Bertz CT molecular complexity index is 195. The van der Waals surface area contributed by atoms with Gasteiger partial charge in [0.15, 0.2) is 17.1 Å². The van der Waals surface area contributed by atoms with Gasteiger partial charge in [0.2, 0.25) is 0 Å². The van der Waals surface area contributed by atoms with Crippen molar-refractivity contribution in [1.29, 1.82) is 0 Å². The first kappa shape index (κ1) is 9.94. The summed E-state index contributed by atoms with van der Waals surface area (Å²) in [4.78, 5) is 0. The molecule has 0 bridgehead atoms. The minimum atomic E-state index is 0.464. The standard InChI is InChI=1S/C10H17OS2/c1-8-3-4-9(11-7-8)10-12-5-2-6-13-10/h8-9H,2-7H2,1H3/q+1. The Morgan fingerprint density at radius 3 is 3.00 bits per heavy atom. The van der Waals surface area contributed by atoms with Crippen LogP contribution in [0.4, 0.5) is 0 Å². The van der Waals surface area contributed by atoms with Crippen molar-refractivity contribution in [1.82, 2.24) is 0 Å². The molecule has 2 rings (SSSR count). The summed E-state index contributed by atoms with van der Waals surface area (Å²) in [6, 6.07) is 0. The number of hydrogen-bond acceptors (Lipinski definition) is 2.